The van der Waals surface area contributed by atoms with E-state index in [1.807, 2.05) is 0 Å². The van der Waals surface area contributed by atoms with Gasteiger partial charge in [0.15, 0.2) is 0 Å². The highest BCUT2D eigenvalue weighted by Gasteiger charge is 2.12. The number of halogens is 3. The molecule has 0 amide bonds. The zero-order chi connectivity index (χ0) is 12.4. The number of hydrogen-bond donors (Lipinski definition) is 1. The minimum absolute atomic E-state index is 0.244. The first-order chi connectivity index (χ1) is 8.13. The highest BCUT2D eigenvalue weighted by molar-refractivity contribution is 6.42. The van der Waals surface area contributed by atoms with Crippen molar-refractivity contribution in [3.8, 4) is 11.1 Å². The van der Waals surface area contributed by atoms with Crippen LogP contribution in [0.25, 0.3) is 11.1 Å². The van der Waals surface area contributed by atoms with E-state index in [2.05, 4.69) is 4.98 Å². The molecule has 1 N–H and O–H groups in total. The lowest BCUT2D eigenvalue weighted by atomic mass is 10.0. The van der Waals surface area contributed by atoms with Gasteiger partial charge in [-0.3, -0.25) is 0 Å². The summed E-state index contributed by atoms with van der Waals surface area (Å²) >= 11 is 11.7. The molecule has 0 aliphatic rings. The van der Waals surface area contributed by atoms with E-state index in [0.717, 1.165) is 0 Å². The molecule has 1 aromatic carbocycles. The van der Waals surface area contributed by atoms with Crippen LogP contribution in [0.1, 0.15) is 5.56 Å². The Balaban J connectivity index is 2.63. The SMILES string of the molecule is OCc1ccnc(F)c1-c1ccc(Cl)c(Cl)c1. The predicted molar refractivity (Wildman–Crippen MR) is 65.6 cm³/mol. The lowest BCUT2D eigenvalue weighted by molar-refractivity contribution is 0.281. The van der Waals surface area contributed by atoms with Gasteiger partial charge < -0.3 is 5.11 Å². The molecule has 0 unspecified atom stereocenters. The fourth-order valence-electron chi connectivity index (χ4n) is 1.56. The van der Waals surface area contributed by atoms with Crippen molar-refractivity contribution in [2.75, 3.05) is 0 Å². The lowest BCUT2D eigenvalue weighted by Gasteiger charge is -2.08. The zero-order valence-electron chi connectivity index (χ0n) is 8.62. The largest absolute Gasteiger partial charge is 0.392 e. The van der Waals surface area contributed by atoms with Gasteiger partial charge in [-0.2, -0.15) is 4.39 Å². The first kappa shape index (κ1) is 12.3. The van der Waals surface area contributed by atoms with Crippen LogP contribution in [-0.2, 0) is 6.61 Å². The van der Waals surface area contributed by atoms with E-state index in [4.69, 9.17) is 23.2 Å². The van der Waals surface area contributed by atoms with Gasteiger partial charge in [0.1, 0.15) is 0 Å². The Hall–Kier alpha value is -1.16. The smallest absolute Gasteiger partial charge is 0.221 e. The fourth-order valence-corrected chi connectivity index (χ4v) is 1.86. The van der Waals surface area contributed by atoms with Gasteiger partial charge in [0, 0.05) is 11.8 Å². The van der Waals surface area contributed by atoms with E-state index in [1.54, 1.807) is 24.3 Å². The van der Waals surface area contributed by atoms with Crippen molar-refractivity contribution in [1.82, 2.24) is 4.98 Å². The van der Waals surface area contributed by atoms with E-state index in [1.165, 1.54) is 6.20 Å². The van der Waals surface area contributed by atoms with Crippen LogP contribution in [0, 0.1) is 5.95 Å². The zero-order valence-corrected chi connectivity index (χ0v) is 10.1. The maximum Gasteiger partial charge on any atom is 0.221 e. The van der Waals surface area contributed by atoms with Crippen molar-refractivity contribution < 1.29 is 9.50 Å². The molecule has 0 fully saturated rings. The number of aliphatic hydroxyl groups excluding tert-OH is 1. The van der Waals surface area contributed by atoms with Crippen molar-refractivity contribution in [2.45, 2.75) is 6.61 Å². The number of rotatable bonds is 2. The minimum Gasteiger partial charge on any atom is -0.392 e. The van der Waals surface area contributed by atoms with Crippen molar-refractivity contribution in [1.29, 1.82) is 0 Å². The maximum absolute atomic E-state index is 13.7. The van der Waals surface area contributed by atoms with Gasteiger partial charge in [-0.15, -0.1) is 0 Å². The third kappa shape index (κ3) is 2.41. The molecule has 0 aliphatic heterocycles. The van der Waals surface area contributed by atoms with Crippen LogP contribution < -0.4 is 0 Å². The van der Waals surface area contributed by atoms with Crippen LogP contribution in [0.2, 0.25) is 10.0 Å². The van der Waals surface area contributed by atoms with Crippen molar-refractivity contribution in [2.24, 2.45) is 0 Å². The third-order valence-electron chi connectivity index (χ3n) is 2.37. The summed E-state index contributed by atoms with van der Waals surface area (Å²) in [6, 6.07) is 6.31. The van der Waals surface area contributed by atoms with Gasteiger partial charge in [-0.05, 0) is 29.3 Å². The molecule has 2 nitrogen and oxygen atoms in total. The molecule has 1 aromatic heterocycles. The quantitative estimate of drug-likeness (QED) is 0.846. The van der Waals surface area contributed by atoms with Crippen molar-refractivity contribution in [3.05, 3.63) is 52.0 Å². The molecule has 0 saturated heterocycles. The Labute approximate surface area is 108 Å². The van der Waals surface area contributed by atoms with Crippen molar-refractivity contribution >= 4 is 23.2 Å². The molecule has 1 heterocycles. The van der Waals surface area contributed by atoms with Crippen LogP contribution in [0.15, 0.2) is 30.5 Å². The molecule has 0 aliphatic carbocycles. The van der Waals surface area contributed by atoms with E-state index in [9.17, 15) is 9.50 Å². The molecule has 0 spiro atoms. The molecule has 2 aromatic rings. The normalized spacial score (nSPS) is 10.6. The summed E-state index contributed by atoms with van der Waals surface area (Å²) in [7, 11) is 0. The molecule has 0 saturated carbocycles. The van der Waals surface area contributed by atoms with Gasteiger partial charge in [-0.1, -0.05) is 29.3 Å². The summed E-state index contributed by atoms with van der Waals surface area (Å²) < 4.78 is 13.7. The molecule has 0 atom stereocenters. The van der Waals surface area contributed by atoms with E-state index in [0.29, 0.717) is 21.2 Å². The highest BCUT2D eigenvalue weighted by atomic mass is 35.5. The maximum atomic E-state index is 13.7. The standard InChI is InChI=1S/C12H8Cl2FNO/c13-9-2-1-7(5-10(9)14)11-8(6-17)3-4-16-12(11)15/h1-5,17H,6H2. The Morgan fingerprint density at radius 2 is 1.94 bits per heavy atom. The van der Waals surface area contributed by atoms with Gasteiger partial charge >= 0.3 is 0 Å². The molecule has 0 bridgehead atoms. The Morgan fingerprint density at radius 3 is 2.59 bits per heavy atom. The monoisotopic (exact) mass is 271 g/mol. The summed E-state index contributed by atoms with van der Waals surface area (Å²) in [6.45, 7) is -0.269. The van der Waals surface area contributed by atoms with Gasteiger partial charge in [-0.25, -0.2) is 4.98 Å². The molecular formula is C12H8Cl2FNO. The molecule has 0 radical (unpaired) electrons. The highest BCUT2D eigenvalue weighted by Crippen LogP contribution is 2.31. The van der Waals surface area contributed by atoms with Crippen LogP contribution in [0.3, 0.4) is 0 Å². The summed E-state index contributed by atoms with van der Waals surface area (Å²) in [5.41, 5.74) is 1.23. The van der Waals surface area contributed by atoms with Gasteiger partial charge in [0.05, 0.1) is 16.7 Å². The van der Waals surface area contributed by atoms with Crippen LogP contribution in [0.4, 0.5) is 4.39 Å². The minimum atomic E-state index is -0.644. The average Bonchev–Trinajstić information content (AvgIpc) is 2.32. The first-order valence-electron chi connectivity index (χ1n) is 4.83. The summed E-state index contributed by atoms with van der Waals surface area (Å²) in [4.78, 5) is 3.56. The Bertz CT molecular complexity index is 560. The predicted octanol–water partition coefficient (Wildman–Crippen LogP) is 3.69. The van der Waals surface area contributed by atoms with Gasteiger partial charge in [0.25, 0.3) is 0 Å². The van der Waals surface area contributed by atoms with E-state index < -0.39 is 5.95 Å². The second-order valence-electron chi connectivity index (χ2n) is 3.42. The first-order valence-corrected chi connectivity index (χ1v) is 5.58. The van der Waals surface area contributed by atoms with Crippen LogP contribution >= 0.6 is 23.2 Å². The summed E-state index contributed by atoms with van der Waals surface area (Å²) in [5, 5.41) is 9.90. The Morgan fingerprint density at radius 1 is 1.18 bits per heavy atom. The third-order valence-corrected chi connectivity index (χ3v) is 3.11. The molecule has 88 valence electrons. The molecule has 5 heteroatoms. The number of aromatic nitrogens is 1. The number of aliphatic hydroxyl groups is 1. The number of pyridine rings is 1. The van der Waals surface area contributed by atoms with E-state index >= 15 is 0 Å². The van der Waals surface area contributed by atoms with Crippen LogP contribution in [0.5, 0.6) is 0 Å². The fraction of sp³-hybridized carbons (Fsp3) is 0.0833. The Kier molecular flexibility index (Phi) is 3.62. The number of benzene rings is 1. The average molecular weight is 272 g/mol. The summed E-state index contributed by atoms with van der Waals surface area (Å²) in [6.07, 6.45) is 1.31. The molecule has 17 heavy (non-hydrogen) atoms. The molecular weight excluding hydrogens is 264 g/mol. The van der Waals surface area contributed by atoms with Crippen molar-refractivity contribution in [3.63, 3.8) is 0 Å². The second kappa shape index (κ2) is 5.00. The topological polar surface area (TPSA) is 33.1 Å². The lowest BCUT2D eigenvalue weighted by Crippen LogP contribution is -1.96. The second-order valence-corrected chi connectivity index (χ2v) is 4.24. The van der Waals surface area contributed by atoms with Gasteiger partial charge in [0.2, 0.25) is 5.95 Å². The summed E-state index contributed by atoms with van der Waals surface area (Å²) in [5.74, 6) is -0.644. The molecule has 2 rings (SSSR count). The number of nitrogens with zero attached hydrogens (tertiary/aromatic N) is 1. The number of hydrogen-bond acceptors (Lipinski definition) is 2. The van der Waals surface area contributed by atoms with E-state index in [-0.39, 0.29) is 12.2 Å². The van der Waals surface area contributed by atoms with Crippen LogP contribution in [-0.4, -0.2) is 10.1 Å².